The minimum Gasteiger partial charge on any atom is -0.497 e. The van der Waals surface area contributed by atoms with Crippen molar-refractivity contribution in [3.63, 3.8) is 0 Å². The largest absolute Gasteiger partial charge is 0.497 e. The van der Waals surface area contributed by atoms with Crippen LogP contribution in [-0.2, 0) is 11.3 Å². The van der Waals surface area contributed by atoms with Crippen LogP contribution in [0.2, 0.25) is 0 Å². The summed E-state index contributed by atoms with van der Waals surface area (Å²) >= 11 is 0. The van der Waals surface area contributed by atoms with Crippen LogP contribution in [0.1, 0.15) is 21.5 Å². The predicted octanol–water partition coefficient (Wildman–Crippen LogP) is 3.12. The number of carbonyl (C=O) groups is 1. The van der Waals surface area contributed by atoms with Crippen LogP contribution in [0.5, 0.6) is 5.75 Å². The van der Waals surface area contributed by atoms with Crippen LogP contribution in [0.3, 0.4) is 0 Å². The monoisotopic (exact) mass is 397 g/mol. The van der Waals surface area contributed by atoms with Gasteiger partial charge in [-0.1, -0.05) is 24.3 Å². The van der Waals surface area contributed by atoms with Crippen LogP contribution in [0.15, 0.2) is 48.7 Å². The number of benzene rings is 2. The number of hydrogen-bond donors (Lipinski definition) is 3. The normalized spacial score (nSPS) is 14.2. The molecule has 1 aromatic heterocycles. The number of carbonyl (C=O) groups excluding carboxylic acids is 1. The molecule has 4 rings (SSSR count). The van der Waals surface area contributed by atoms with Gasteiger partial charge in [0.2, 0.25) is 0 Å². The topological polar surface area (TPSA) is 86.8 Å². The minimum atomic E-state index is -0.531. The molecule has 7 nitrogen and oxygen atoms in total. The number of hydroxylamine groups is 1. The van der Waals surface area contributed by atoms with E-state index in [1.165, 1.54) is 23.6 Å². The number of fused-ring (bicyclic) bond motifs is 1. The molecule has 0 atom stereocenters. The Hall–Kier alpha value is -2.87. The lowest BCUT2D eigenvalue weighted by molar-refractivity contribution is 0.0343. The van der Waals surface area contributed by atoms with E-state index in [4.69, 9.17) is 14.7 Å². The number of methoxy groups -OCH3 is 1. The molecule has 1 aliphatic heterocycles. The maximum atomic E-state index is 11.1. The third kappa shape index (κ3) is 5.35. The molecular weight excluding hydrogens is 370 g/mol. The van der Waals surface area contributed by atoms with Crippen molar-refractivity contribution < 1.29 is 19.5 Å². The van der Waals surface area contributed by atoms with Gasteiger partial charge in [0.1, 0.15) is 5.75 Å². The van der Waals surface area contributed by atoms with Crippen molar-refractivity contribution in [3.05, 3.63) is 65.4 Å². The molecular formula is C22H27N3O4. The Balaban J connectivity index is 0.000000170. The molecule has 0 saturated carbocycles. The van der Waals surface area contributed by atoms with E-state index in [9.17, 15) is 4.79 Å². The fourth-order valence-electron chi connectivity index (χ4n) is 3.30. The van der Waals surface area contributed by atoms with Crippen molar-refractivity contribution in [1.82, 2.24) is 15.4 Å². The van der Waals surface area contributed by atoms with Crippen molar-refractivity contribution in [1.29, 1.82) is 0 Å². The lowest BCUT2D eigenvalue weighted by Crippen LogP contribution is -2.35. The van der Waals surface area contributed by atoms with E-state index >= 15 is 0 Å². The smallest absolute Gasteiger partial charge is 0.275 e. The molecule has 7 heteroatoms. The summed E-state index contributed by atoms with van der Waals surface area (Å²) in [7, 11) is 1.52. The van der Waals surface area contributed by atoms with Gasteiger partial charge in [0.25, 0.3) is 5.91 Å². The number of ether oxygens (including phenoxy) is 2. The number of rotatable bonds is 4. The van der Waals surface area contributed by atoms with Crippen LogP contribution in [0.25, 0.3) is 10.9 Å². The molecule has 29 heavy (non-hydrogen) atoms. The Morgan fingerprint density at radius 3 is 2.72 bits per heavy atom. The number of nitrogens with one attached hydrogen (secondary N) is 2. The van der Waals surface area contributed by atoms with Gasteiger partial charge in [-0.3, -0.25) is 14.9 Å². The standard InChI is InChI=1S/C13H16N2O.C9H11NO3/c1-2-4-13-12(3-1)11(9-14-13)10-15-5-7-16-8-6-15;1-6-3-4-7(13-2)5-8(6)9(11)10-12/h1-4,9,14H,5-8,10H2;3-5,12H,1-2H3,(H,10,11). The van der Waals surface area contributed by atoms with Crippen molar-refractivity contribution in [2.45, 2.75) is 13.5 Å². The van der Waals surface area contributed by atoms with E-state index < -0.39 is 5.91 Å². The first-order valence-electron chi connectivity index (χ1n) is 9.56. The molecule has 1 amide bonds. The highest BCUT2D eigenvalue weighted by Crippen LogP contribution is 2.19. The first-order chi connectivity index (χ1) is 14.1. The quantitative estimate of drug-likeness (QED) is 0.465. The highest BCUT2D eigenvalue weighted by Gasteiger charge is 2.12. The number of amides is 1. The second-order valence-electron chi connectivity index (χ2n) is 6.87. The zero-order valence-corrected chi connectivity index (χ0v) is 16.8. The highest BCUT2D eigenvalue weighted by molar-refractivity contribution is 5.95. The molecule has 1 aliphatic rings. The third-order valence-corrected chi connectivity index (χ3v) is 4.96. The summed E-state index contributed by atoms with van der Waals surface area (Å²) in [6.45, 7) is 6.61. The second kappa shape index (κ2) is 10.1. The fraction of sp³-hybridized carbons (Fsp3) is 0.318. The summed E-state index contributed by atoms with van der Waals surface area (Å²) in [6, 6.07) is 13.5. The molecule has 1 fully saturated rings. The van der Waals surface area contributed by atoms with Crippen molar-refractivity contribution in [2.75, 3.05) is 33.4 Å². The van der Waals surface area contributed by atoms with E-state index in [-0.39, 0.29) is 0 Å². The summed E-state index contributed by atoms with van der Waals surface area (Å²) < 4.78 is 10.3. The molecule has 0 aliphatic carbocycles. The molecule has 2 heterocycles. The number of morpholine rings is 1. The zero-order chi connectivity index (χ0) is 20.6. The first-order valence-corrected chi connectivity index (χ1v) is 9.56. The molecule has 3 N–H and O–H groups in total. The van der Waals surface area contributed by atoms with Crippen molar-refractivity contribution in [2.24, 2.45) is 0 Å². The summed E-state index contributed by atoms with van der Waals surface area (Å²) in [5, 5.41) is 9.78. The number of para-hydroxylation sites is 1. The van der Waals surface area contributed by atoms with E-state index in [2.05, 4.69) is 40.3 Å². The Labute approximate surface area is 170 Å². The molecule has 0 radical (unpaired) electrons. The molecule has 0 bridgehead atoms. The van der Waals surface area contributed by atoms with E-state index in [1.54, 1.807) is 30.6 Å². The summed E-state index contributed by atoms with van der Waals surface area (Å²) in [5.41, 5.74) is 5.38. The lowest BCUT2D eigenvalue weighted by Gasteiger charge is -2.26. The van der Waals surface area contributed by atoms with Gasteiger partial charge in [0.15, 0.2) is 0 Å². The Bertz CT molecular complexity index is 948. The molecule has 154 valence electrons. The number of aromatic amines is 1. The third-order valence-electron chi connectivity index (χ3n) is 4.96. The summed E-state index contributed by atoms with van der Waals surface area (Å²) in [5.74, 6) is 0.0561. The lowest BCUT2D eigenvalue weighted by atomic mass is 10.1. The van der Waals surface area contributed by atoms with Crippen LogP contribution >= 0.6 is 0 Å². The number of hydrogen-bond acceptors (Lipinski definition) is 5. The van der Waals surface area contributed by atoms with Crippen molar-refractivity contribution >= 4 is 16.8 Å². The first kappa shape index (κ1) is 20.9. The van der Waals surface area contributed by atoms with Gasteiger partial charge in [0, 0.05) is 42.3 Å². The Morgan fingerprint density at radius 2 is 2.00 bits per heavy atom. The van der Waals surface area contributed by atoms with Crippen LogP contribution in [0.4, 0.5) is 0 Å². The highest BCUT2D eigenvalue weighted by atomic mass is 16.5. The summed E-state index contributed by atoms with van der Waals surface area (Å²) in [4.78, 5) is 16.8. The Morgan fingerprint density at radius 1 is 1.24 bits per heavy atom. The number of aromatic nitrogens is 1. The van der Waals surface area contributed by atoms with E-state index in [1.807, 2.05) is 0 Å². The van der Waals surface area contributed by atoms with Crippen LogP contribution < -0.4 is 10.2 Å². The zero-order valence-electron chi connectivity index (χ0n) is 16.8. The fourth-order valence-corrected chi connectivity index (χ4v) is 3.30. The number of aryl methyl sites for hydroxylation is 1. The summed E-state index contributed by atoms with van der Waals surface area (Å²) in [6.07, 6.45) is 2.13. The average molecular weight is 397 g/mol. The van der Waals surface area contributed by atoms with Crippen molar-refractivity contribution in [3.8, 4) is 5.75 Å². The van der Waals surface area contributed by atoms with Crippen LogP contribution in [0, 0.1) is 6.92 Å². The molecule has 1 saturated heterocycles. The second-order valence-corrected chi connectivity index (χ2v) is 6.87. The van der Waals surface area contributed by atoms with Gasteiger partial charge in [0.05, 0.1) is 20.3 Å². The van der Waals surface area contributed by atoms with Gasteiger partial charge < -0.3 is 14.5 Å². The molecule has 0 unspecified atom stereocenters. The SMILES string of the molecule is COc1ccc(C)c(C(=O)NO)c1.c1ccc2c(CN3CCOCC3)c[nH]c2c1. The molecule has 2 aromatic carbocycles. The van der Waals surface area contributed by atoms with Gasteiger partial charge in [-0.15, -0.1) is 0 Å². The van der Waals surface area contributed by atoms with Gasteiger partial charge in [-0.2, -0.15) is 0 Å². The minimum absolute atomic E-state index is 0.404. The number of nitrogens with zero attached hydrogens (tertiary/aromatic N) is 1. The maximum Gasteiger partial charge on any atom is 0.275 e. The Kier molecular flexibility index (Phi) is 7.24. The number of H-pyrrole nitrogens is 1. The van der Waals surface area contributed by atoms with Gasteiger partial charge in [-0.05, 0) is 36.2 Å². The van der Waals surface area contributed by atoms with Crippen LogP contribution in [-0.4, -0.2) is 54.4 Å². The average Bonchev–Trinajstić information content (AvgIpc) is 3.17. The maximum absolute atomic E-state index is 11.1. The predicted molar refractivity (Wildman–Crippen MR) is 111 cm³/mol. The molecule has 0 spiro atoms. The van der Waals surface area contributed by atoms with Gasteiger partial charge >= 0.3 is 0 Å². The molecule has 3 aromatic rings. The van der Waals surface area contributed by atoms with E-state index in [0.717, 1.165) is 38.4 Å². The van der Waals surface area contributed by atoms with E-state index in [0.29, 0.717) is 11.3 Å². The van der Waals surface area contributed by atoms with Gasteiger partial charge in [-0.25, -0.2) is 5.48 Å².